The third-order valence-corrected chi connectivity index (χ3v) is 7.74. The first-order chi connectivity index (χ1) is 15.6. The summed E-state index contributed by atoms with van der Waals surface area (Å²) in [6.07, 6.45) is -3.74. The summed E-state index contributed by atoms with van der Waals surface area (Å²) in [5, 5.41) is 0. The molecule has 3 amide bonds. The van der Waals surface area contributed by atoms with Gasteiger partial charge >= 0.3 is 12.2 Å². The van der Waals surface area contributed by atoms with E-state index in [0.29, 0.717) is 18.5 Å². The number of urea groups is 1. The summed E-state index contributed by atoms with van der Waals surface area (Å²) in [5.41, 5.74) is -0.0747. The summed E-state index contributed by atoms with van der Waals surface area (Å²) in [6.45, 7) is 0.268. The number of amides is 3. The van der Waals surface area contributed by atoms with Gasteiger partial charge in [0.25, 0.3) is 5.91 Å². The van der Waals surface area contributed by atoms with E-state index in [1.807, 2.05) is 0 Å². The minimum atomic E-state index is -4.48. The fourth-order valence-electron chi connectivity index (χ4n) is 4.16. The minimum Gasteiger partial charge on any atom is -0.312 e. The number of sulfonamides is 1. The first-order valence-corrected chi connectivity index (χ1v) is 12.0. The SMILES string of the molecule is O=C1CN(C2CCN(S(=O)(=O)Cc3ccc(C(F)(F)F)cc3)CC2)C(=O)N1c1ccccc1. The lowest BCUT2D eigenvalue weighted by Gasteiger charge is -2.35. The molecule has 2 aliphatic heterocycles. The van der Waals surface area contributed by atoms with Crippen molar-refractivity contribution in [2.45, 2.75) is 30.8 Å². The van der Waals surface area contributed by atoms with Crippen LogP contribution in [-0.2, 0) is 26.7 Å². The Balaban J connectivity index is 1.37. The van der Waals surface area contributed by atoms with Crippen LogP contribution < -0.4 is 4.90 Å². The van der Waals surface area contributed by atoms with Crippen molar-refractivity contribution in [1.82, 2.24) is 9.21 Å². The third-order valence-electron chi connectivity index (χ3n) is 5.89. The van der Waals surface area contributed by atoms with Gasteiger partial charge in [0.1, 0.15) is 6.54 Å². The minimum absolute atomic E-state index is 0.0588. The normalized spacial score (nSPS) is 18.9. The Morgan fingerprint density at radius 2 is 1.52 bits per heavy atom. The highest BCUT2D eigenvalue weighted by molar-refractivity contribution is 7.88. The molecule has 0 aliphatic carbocycles. The van der Waals surface area contributed by atoms with E-state index in [-0.39, 0.29) is 37.1 Å². The number of hydrogen-bond donors (Lipinski definition) is 0. The van der Waals surface area contributed by atoms with Crippen LogP contribution in [0, 0.1) is 0 Å². The molecule has 33 heavy (non-hydrogen) atoms. The molecule has 2 saturated heterocycles. The van der Waals surface area contributed by atoms with Crippen LogP contribution in [0.2, 0.25) is 0 Å². The first-order valence-electron chi connectivity index (χ1n) is 10.4. The molecule has 7 nitrogen and oxygen atoms in total. The number of hydrogen-bond acceptors (Lipinski definition) is 4. The van der Waals surface area contributed by atoms with Gasteiger partial charge in [-0.05, 0) is 42.7 Å². The quantitative estimate of drug-likeness (QED) is 0.613. The highest BCUT2D eigenvalue weighted by Gasteiger charge is 2.42. The van der Waals surface area contributed by atoms with E-state index >= 15 is 0 Å². The van der Waals surface area contributed by atoms with Gasteiger partial charge in [-0.3, -0.25) is 4.79 Å². The summed E-state index contributed by atoms with van der Waals surface area (Å²) >= 11 is 0. The monoisotopic (exact) mass is 481 g/mol. The number of para-hydroxylation sites is 1. The summed E-state index contributed by atoms with van der Waals surface area (Å²) in [7, 11) is -3.74. The first kappa shape index (κ1) is 23.2. The number of carbonyl (C=O) groups excluding carboxylic acids is 2. The zero-order chi connectivity index (χ0) is 23.8. The molecular weight excluding hydrogens is 459 g/mol. The average Bonchev–Trinajstić information content (AvgIpc) is 3.08. The van der Waals surface area contributed by atoms with Gasteiger partial charge in [-0.2, -0.15) is 13.2 Å². The standard InChI is InChI=1S/C22H22F3N3O4S/c23-22(24,25)17-8-6-16(7-9-17)15-33(31,32)26-12-10-18(11-13-26)27-14-20(29)28(21(27)30)19-4-2-1-3-5-19/h1-9,18H,10-15H2. The summed E-state index contributed by atoms with van der Waals surface area (Å²) < 4.78 is 65.0. The van der Waals surface area contributed by atoms with Crippen LogP contribution in [-0.4, -0.2) is 55.2 Å². The fraction of sp³-hybridized carbons (Fsp3) is 0.364. The van der Waals surface area contributed by atoms with Gasteiger partial charge in [0, 0.05) is 19.1 Å². The molecule has 0 radical (unpaired) electrons. The van der Waals surface area contributed by atoms with Crippen molar-refractivity contribution >= 4 is 27.6 Å². The second-order valence-electron chi connectivity index (χ2n) is 8.06. The van der Waals surface area contributed by atoms with Crippen LogP contribution in [0.5, 0.6) is 0 Å². The smallest absolute Gasteiger partial charge is 0.312 e. The van der Waals surface area contributed by atoms with Gasteiger partial charge in [0.2, 0.25) is 10.0 Å². The number of carbonyl (C=O) groups is 2. The molecule has 4 rings (SSSR count). The number of anilines is 1. The molecule has 0 spiro atoms. The zero-order valence-corrected chi connectivity index (χ0v) is 18.3. The lowest BCUT2D eigenvalue weighted by Crippen LogP contribution is -2.48. The van der Waals surface area contributed by atoms with E-state index in [2.05, 4.69) is 0 Å². The molecule has 0 saturated carbocycles. The number of halogens is 3. The molecule has 2 fully saturated rings. The van der Waals surface area contributed by atoms with Gasteiger partial charge in [-0.25, -0.2) is 22.4 Å². The van der Waals surface area contributed by atoms with E-state index in [0.717, 1.165) is 17.0 Å². The van der Waals surface area contributed by atoms with E-state index in [1.165, 1.54) is 21.3 Å². The summed E-state index contributed by atoms with van der Waals surface area (Å²) in [4.78, 5) is 27.9. The van der Waals surface area contributed by atoms with Crippen molar-refractivity contribution in [3.05, 3.63) is 65.7 Å². The molecular formula is C22H22F3N3O4S. The Morgan fingerprint density at radius 3 is 2.09 bits per heavy atom. The second-order valence-corrected chi connectivity index (χ2v) is 10.0. The molecule has 2 heterocycles. The van der Waals surface area contributed by atoms with Crippen molar-refractivity contribution in [1.29, 1.82) is 0 Å². The maximum absolute atomic E-state index is 12.9. The molecule has 0 unspecified atom stereocenters. The van der Waals surface area contributed by atoms with Gasteiger partial charge in [-0.1, -0.05) is 30.3 Å². The number of piperidine rings is 1. The van der Waals surface area contributed by atoms with Gasteiger partial charge in [0.05, 0.1) is 17.0 Å². The van der Waals surface area contributed by atoms with Crippen molar-refractivity contribution in [2.75, 3.05) is 24.5 Å². The lowest BCUT2D eigenvalue weighted by molar-refractivity contribution is -0.137. The number of rotatable bonds is 5. The van der Waals surface area contributed by atoms with Crippen LogP contribution >= 0.6 is 0 Å². The number of imide groups is 1. The topological polar surface area (TPSA) is 78.0 Å². The van der Waals surface area contributed by atoms with Gasteiger partial charge < -0.3 is 4.90 Å². The van der Waals surface area contributed by atoms with Crippen LogP contribution in [0.15, 0.2) is 54.6 Å². The van der Waals surface area contributed by atoms with Crippen LogP contribution in [0.25, 0.3) is 0 Å². The Bertz CT molecular complexity index is 1130. The predicted molar refractivity (Wildman–Crippen MR) is 115 cm³/mol. The summed E-state index contributed by atoms with van der Waals surface area (Å²) in [6, 6.07) is 12.0. The molecule has 2 aliphatic rings. The predicted octanol–water partition coefficient (Wildman–Crippen LogP) is 3.47. The van der Waals surface area contributed by atoms with Crippen molar-refractivity contribution in [2.24, 2.45) is 0 Å². The van der Waals surface area contributed by atoms with Crippen LogP contribution in [0.4, 0.5) is 23.7 Å². The highest BCUT2D eigenvalue weighted by atomic mass is 32.2. The molecule has 176 valence electrons. The highest BCUT2D eigenvalue weighted by Crippen LogP contribution is 2.30. The molecule has 0 atom stereocenters. The van der Waals surface area contributed by atoms with Crippen LogP contribution in [0.1, 0.15) is 24.0 Å². The van der Waals surface area contributed by atoms with Crippen molar-refractivity contribution < 1.29 is 31.2 Å². The molecule has 11 heteroatoms. The molecule has 0 bridgehead atoms. The van der Waals surface area contributed by atoms with E-state index in [1.54, 1.807) is 30.3 Å². The average molecular weight is 481 g/mol. The fourth-order valence-corrected chi connectivity index (χ4v) is 5.72. The van der Waals surface area contributed by atoms with Crippen molar-refractivity contribution in [3.8, 4) is 0 Å². The maximum atomic E-state index is 12.9. The maximum Gasteiger partial charge on any atom is 0.416 e. The van der Waals surface area contributed by atoms with E-state index in [4.69, 9.17) is 0 Å². The van der Waals surface area contributed by atoms with E-state index < -0.39 is 33.5 Å². The van der Waals surface area contributed by atoms with E-state index in [9.17, 15) is 31.2 Å². The number of benzene rings is 2. The second kappa shape index (κ2) is 8.79. The lowest BCUT2D eigenvalue weighted by atomic mass is 10.1. The Morgan fingerprint density at radius 1 is 0.909 bits per heavy atom. The Hall–Kier alpha value is -2.92. The number of alkyl halides is 3. The Labute approximate surface area is 189 Å². The van der Waals surface area contributed by atoms with Gasteiger partial charge in [0.15, 0.2) is 0 Å². The molecule has 2 aromatic carbocycles. The molecule has 0 N–H and O–H groups in total. The van der Waals surface area contributed by atoms with Gasteiger partial charge in [-0.15, -0.1) is 0 Å². The third kappa shape index (κ3) is 4.88. The van der Waals surface area contributed by atoms with Crippen LogP contribution in [0.3, 0.4) is 0 Å². The Kier molecular flexibility index (Phi) is 6.19. The molecule has 0 aromatic heterocycles. The zero-order valence-electron chi connectivity index (χ0n) is 17.5. The number of nitrogens with zero attached hydrogens (tertiary/aromatic N) is 3. The van der Waals surface area contributed by atoms with Crippen molar-refractivity contribution in [3.63, 3.8) is 0 Å². The summed E-state index contributed by atoms with van der Waals surface area (Å²) in [5.74, 6) is -0.734. The molecule has 2 aromatic rings. The largest absolute Gasteiger partial charge is 0.416 e.